The van der Waals surface area contributed by atoms with Gasteiger partial charge in [-0.1, -0.05) is 0 Å². The molecule has 0 radical (unpaired) electrons. The molecule has 1 rings (SSSR count). The molecule has 94 valence electrons. The second kappa shape index (κ2) is 6.17. The van der Waals surface area contributed by atoms with Crippen LogP contribution in [-0.2, 0) is 9.47 Å². The van der Waals surface area contributed by atoms with Crippen LogP contribution in [0.15, 0.2) is 23.3 Å². The Morgan fingerprint density at radius 2 is 2.06 bits per heavy atom. The number of pyridine rings is 1. The smallest absolute Gasteiger partial charge is 0.257 e. The van der Waals surface area contributed by atoms with Crippen molar-refractivity contribution in [3.8, 4) is 0 Å². The van der Waals surface area contributed by atoms with Gasteiger partial charge in [0.2, 0.25) is 0 Å². The van der Waals surface area contributed by atoms with Gasteiger partial charge in [0.05, 0.1) is 6.04 Å². The minimum atomic E-state index is -0.554. The van der Waals surface area contributed by atoms with Crippen LogP contribution in [0.2, 0.25) is 0 Å². The van der Waals surface area contributed by atoms with Gasteiger partial charge in [-0.05, 0) is 6.92 Å². The minimum absolute atomic E-state index is 0.0605. The van der Waals surface area contributed by atoms with Gasteiger partial charge in [-0.25, -0.2) is 0 Å². The molecule has 0 aliphatic rings. The van der Waals surface area contributed by atoms with Gasteiger partial charge in [0, 0.05) is 32.7 Å². The lowest BCUT2D eigenvalue weighted by Gasteiger charge is -2.21. The Balaban J connectivity index is 2.73. The summed E-state index contributed by atoms with van der Waals surface area (Å²) < 4.78 is 10.0. The van der Waals surface area contributed by atoms with Gasteiger partial charge in [0.15, 0.2) is 11.7 Å². The summed E-state index contributed by atoms with van der Waals surface area (Å²) in [5.41, 5.74) is -0.273. The predicted molar refractivity (Wildman–Crippen MR) is 61.8 cm³/mol. The Labute approximate surface area is 98.9 Å². The van der Waals surface area contributed by atoms with Gasteiger partial charge < -0.3 is 19.8 Å². The van der Waals surface area contributed by atoms with E-state index in [1.807, 2.05) is 0 Å². The summed E-state index contributed by atoms with van der Waals surface area (Å²) in [6.07, 6.45) is 2.27. The molecule has 17 heavy (non-hydrogen) atoms. The Bertz CT molecular complexity index is 425. The highest BCUT2D eigenvalue weighted by Crippen LogP contribution is 1.99. The van der Waals surface area contributed by atoms with Crippen LogP contribution in [0.25, 0.3) is 0 Å². The molecule has 0 bridgehead atoms. The van der Waals surface area contributed by atoms with E-state index in [1.165, 1.54) is 32.7 Å². The summed E-state index contributed by atoms with van der Waals surface area (Å²) in [7, 11) is 2.96. The Kier molecular flexibility index (Phi) is 4.86. The zero-order valence-corrected chi connectivity index (χ0v) is 10.0. The lowest BCUT2D eigenvalue weighted by Crippen LogP contribution is -2.44. The molecule has 0 spiro atoms. The first-order valence-electron chi connectivity index (χ1n) is 5.13. The lowest BCUT2D eigenvalue weighted by molar-refractivity contribution is -0.117. The Hall–Kier alpha value is -1.66. The van der Waals surface area contributed by atoms with Crippen molar-refractivity contribution < 1.29 is 14.3 Å². The van der Waals surface area contributed by atoms with Gasteiger partial charge in [-0.3, -0.25) is 9.59 Å². The average Bonchev–Trinajstić information content (AvgIpc) is 2.31. The minimum Gasteiger partial charge on any atom is -0.367 e. The average molecular weight is 240 g/mol. The third kappa shape index (κ3) is 3.40. The predicted octanol–water partition coefficient (Wildman–Crippen LogP) is 0.112. The van der Waals surface area contributed by atoms with E-state index in [0.717, 1.165) is 0 Å². The third-order valence-corrected chi connectivity index (χ3v) is 2.30. The van der Waals surface area contributed by atoms with Crippen molar-refractivity contribution in [1.29, 1.82) is 0 Å². The van der Waals surface area contributed by atoms with Gasteiger partial charge >= 0.3 is 0 Å². The fourth-order valence-corrected chi connectivity index (χ4v) is 1.45. The van der Waals surface area contributed by atoms with E-state index in [4.69, 9.17) is 9.47 Å². The number of aromatic nitrogens is 1. The van der Waals surface area contributed by atoms with Crippen LogP contribution in [0, 0.1) is 0 Å². The van der Waals surface area contributed by atoms with E-state index in [-0.39, 0.29) is 17.0 Å². The number of aromatic amines is 1. The van der Waals surface area contributed by atoms with E-state index < -0.39 is 12.2 Å². The van der Waals surface area contributed by atoms with Crippen molar-refractivity contribution in [2.24, 2.45) is 0 Å². The van der Waals surface area contributed by atoms with Crippen LogP contribution >= 0.6 is 0 Å². The Morgan fingerprint density at radius 3 is 2.59 bits per heavy atom. The van der Waals surface area contributed by atoms with Gasteiger partial charge in [0.25, 0.3) is 5.91 Å². The van der Waals surface area contributed by atoms with E-state index in [0.29, 0.717) is 0 Å². The second-order valence-electron chi connectivity index (χ2n) is 3.52. The van der Waals surface area contributed by atoms with Crippen molar-refractivity contribution in [2.45, 2.75) is 19.3 Å². The second-order valence-corrected chi connectivity index (χ2v) is 3.52. The number of H-pyrrole nitrogens is 1. The number of amides is 1. The molecule has 6 nitrogen and oxygen atoms in total. The van der Waals surface area contributed by atoms with Crippen molar-refractivity contribution >= 4 is 5.91 Å². The molecule has 1 unspecified atom stereocenters. The largest absolute Gasteiger partial charge is 0.367 e. The molecule has 1 aromatic rings. The Morgan fingerprint density at radius 1 is 1.41 bits per heavy atom. The molecule has 6 heteroatoms. The van der Waals surface area contributed by atoms with Crippen molar-refractivity contribution in [3.63, 3.8) is 0 Å². The summed E-state index contributed by atoms with van der Waals surface area (Å²) in [5, 5.41) is 2.63. The zero-order chi connectivity index (χ0) is 12.8. The number of ether oxygens (including phenoxy) is 2. The third-order valence-electron chi connectivity index (χ3n) is 2.30. The maximum atomic E-state index is 11.8. The van der Waals surface area contributed by atoms with Crippen LogP contribution in [0.3, 0.4) is 0 Å². The van der Waals surface area contributed by atoms with Gasteiger partial charge in [-0.15, -0.1) is 0 Å². The summed E-state index contributed by atoms with van der Waals surface area (Å²) >= 11 is 0. The van der Waals surface area contributed by atoms with Crippen molar-refractivity contribution in [2.75, 3.05) is 14.2 Å². The molecule has 0 fully saturated rings. The molecular weight excluding hydrogens is 224 g/mol. The standard InChI is InChI=1S/C11H16N2O4/c1-7(11(16-2)17-3)13-10(15)8-6-12-5-4-9(8)14/h4-7,11H,1-3H3,(H,12,14)(H,13,15). The molecule has 0 saturated carbocycles. The van der Waals surface area contributed by atoms with Crippen LogP contribution < -0.4 is 10.7 Å². The maximum Gasteiger partial charge on any atom is 0.257 e. The lowest BCUT2D eigenvalue weighted by atomic mass is 10.2. The van der Waals surface area contributed by atoms with Crippen LogP contribution in [0.5, 0.6) is 0 Å². The van der Waals surface area contributed by atoms with Crippen LogP contribution in [0.1, 0.15) is 17.3 Å². The number of rotatable bonds is 5. The van der Waals surface area contributed by atoms with E-state index in [9.17, 15) is 9.59 Å². The molecule has 2 N–H and O–H groups in total. The van der Waals surface area contributed by atoms with Crippen molar-refractivity contribution in [3.05, 3.63) is 34.2 Å². The maximum absolute atomic E-state index is 11.8. The molecular formula is C11H16N2O4. The highest BCUT2D eigenvalue weighted by molar-refractivity contribution is 5.93. The van der Waals surface area contributed by atoms with E-state index in [1.54, 1.807) is 6.92 Å². The molecule has 0 saturated heterocycles. The summed E-state index contributed by atoms with van der Waals surface area (Å²) in [6.45, 7) is 1.73. The number of methoxy groups -OCH3 is 2. The molecule has 0 aliphatic heterocycles. The number of hydrogen-bond donors (Lipinski definition) is 2. The first-order chi connectivity index (χ1) is 8.10. The molecule has 0 aromatic carbocycles. The van der Waals surface area contributed by atoms with Crippen LogP contribution in [0.4, 0.5) is 0 Å². The monoisotopic (exact) mass is 240 g/mol. The molecule has 1 amide bonds. The number of nitrogens with one attached hydrogen (secondary N) is 2. The van der Waals surface area contributed by atoms with E-state index in [2.05, 4.69) is 10.3 Å². The molecule has 0 aliphatic carbocycles. The van der Waals surface area contributed by atoms with E-state index >= 15 is 0 Å². The highest BCUT2D eigenvalue weighted by Gasteiger charge is 2.19. The summed E-state index contributed by atoms with van der Waals surface area (Å²) in [5.74, 6) is -0.460. The van der Waals surface area contributed by atoms with Gasteiger partial charge in [-0.2, -0.15) is 0 Å². The SMILES string of the molecule is COC(OC)C(C)NC(=O)c1c[nH]ccc1=O. The normalized spacial score (nSPS) is 12.5. The fraction of sp³-hybridized carbons (Fsp3) is 0.455. The zero-order valence-electron chi connectivity index (χ0n) is 10.0. The molecule has 1 atom stereocenters. The fourth-order valence-electron chi connectivity index (χ4n) is 1.45. The topological polar surface area (TPSA) is 80.4 Å². The van der Waals surface area contributed by atoms with Crippen LogP contribution in [-0.4, -0.2) is 37.4 Å². The first kappa shape index (κ1) is 13.4. The molecule has 1 aromatic heterocycles. The first-order valence-corrected chi connectivity index (χ1v) is 5.13. The van der Waals surface area contributed by atoms with Gasteiger partial charge in [0.1, 0.15) is 5.56 Å². The van der Waals surface area contributed by atoms with Crippen molar-refractivity contribution in [1.82, 2.24) is 10.3 Å². The number of hydrogen-bond acceptors (Lipinski definition) is 4. The number of carbonyl (C=O) groups excluding carboxylic acids is 1. The highest BCUT2D eigenvalue weighted by atomic mass is 16.7. The summed E-state index contributed by atoms with van der Waals surface area (Å²) in [6, 6.07) is 0.932. The quantitative estimate of drug-likeness (QED) is 0.716. The molecule has 1 heterocycles. The summed E-state index contributed by atoms with van der Waals surface area (Å²) in [4.78, 5) is 25.9. The number of carbonyl (C=O) groups is 1.